The van der Waals surface area contributed by atoms with Crippen LogP contribution in [0.1, 0.15) is 22.5 Å². The zero-order valence-corrected chi connectivity index (χ0v) is 12.8. The van der Waals surface area contributed by atoms with E-state index in [9.17, 15) is 4.79 Å². The van der Waals surface area contributed by atoms with Crippen molar-refractivity contribution in [3.8, 4) is 0 Å². The molecule has 3 rings (SSSR count). The number of carbonyl (C=O) groups is 1. The molecule has 1 aliphatic heterocycles. The lowest BCUT2D eigenvalue weighted by atomic mass is 10.3. The van der Waals surface area contributed by atoms with Gasteiger partial charge in [0.15, 0.2) is 5.13 Å². The summed E-state index contributed by atoms with van der Waals surface area (Å²) < 4.78 is 0. The molecule has 21 heavy (non-hydrogen) atoms. The summed E-state index contributed by atoms with van der Waals surface area (Å²) >= 11 is 1.34. The molecule has 5 N–H and O–H groups in total. The third-order valence-corrected chi connectivity index (χ3v) is 4.69. The number of nitrogens with zero attached hydrogens (tertiary/aromatic N) is 2. The minimum Gasteiger partial charge on any atom is -0.382 e. The van der Waals surface area contributed by atoms with Gasteiger partial charge in [0.1, 0.15) is 10.7 Å². The molecule has 116 valence electrons. The number of hydrogen-bond donors (Lipinski definition) is 4. The van der Waals surface area contributed by atoms with Gasteiger partial charge in [0.25, 0.3) is 5.91 Å². The summed E-state index contributed by atoms with van der Waals surface area (Å²) in [5.41, 5.74) is 5.83. The normalized spacial score (nSPS) is 19.4. The smallest absolute Gasteiger partial charge is 0.265 e. The Morgan fingerprint density at radius 3 is 2.90 bits per heavy atom. The Labute approximate surface area is 128 Å². The summed E-state index contributed by atoms with van der Waals surface area (Å²) in [4.78, 5) is 19.2. The number of rotatable bonds is 6. The van der Waals surface area contributed by atoms with E-state index in [4.69, 9.17) is 5.73 Å². The first kappa shape index (κ1) is 14.6. The summed E-state index contributed by atoms with van der Waals surface area (Å²) in [6.07, 6.45) is 2.34. The van der Waals surface area contributed by atoms with E-state index in [1.54, 1.807) is 0 Å². The van der Waals surface area contributed by atoms with Crippen LogP contribution in [-0.2, 0) is 0 Å². The van der Waals surface area contributed by atoms with Gasteiger partial charge in [-0.2, -0.15) is 0 Å². The number of amides is 1. The summed E-state index contributed by atoms with van der Waals surface area (Å²) in [5, 5.41) is 10.3. The number of carbonyl (C=O) groups excluding carboxylic acids is 1. The number of hydrogen-bond acceptors (Lipinski definition) is 7. The summed E-state index contributed by atoms with van der Waals surface area (Å²) in [6, 6.07) is 0.513. The molecule has 1 aromatic heterocycles. The second-order valence-corrected chi connectivity index (χ2v) is 6.50. The fraction of sp³-hybridized carbons (Fsp3) is 0.692. The average Bonchev–Trinajstić information content (AvgIpc) is 3.21. The lowest BCUT2D eigenvalue weighted by Gasteiger charge is -2.26. The van der Waals surface area contributed by atoms with Crippen molar-refractivity contribution in [1.29, 1.82) is 0 Å². The van der Waals surface area contributed by atoms with E-state index < -0.39 is 0 Å². The molecule has 0 spiro atoms. The Hall–Kier alpha value is -1.38. The van der Waals surface area contributed by atoms with Crippen molar-refractivity contribution in [2.45, 2.75) is 18.9 Å². The monoisotopic (exact) mass is 310 g/mol. The Bertz CT molecular complexity index is 495. The first-order valence-corrected chi connectivity index (χ1v) is 8.28. The molecule has 1 saturated heterocycles. The van der Waals surface area contributed by atoms with E-state index in [1.165, 1.54) is 24.2 Å². The van der Waals surface area contributed by atoms with Gasteiger partial charge in [0.2, 0.25) is 0 Å². The van der Waals surface area contributed by atoms with E-state index in [1.807, 2.05) is 0 Å². The topological polar surface area (TPSA) is 95.3 Å². The highest BCUT2D eigenvalue weighted by Crippen LogP contribution is 2.30. The minimum atomic E-state index is -0.121. The number of piperazine rings is 1. The quantitative estimate of drug-likeness (QED) is 0.588. The van der Waals surface area contributed by atoms with Crippen molar-refractivity contribution >= 4 is 28.2 Å². The van der Waals surface area contributed by atoms with Crippen LogP contribution in [0.3, 0.4) is 0 Å². The van der Waals surface area contributed by atoms with Gasteiger partial charge < -0.3 is 21.7 Å². The lowest BCUT2D eigenvalue weighted by molar-refractivity contribution is 0.0952. The van der Waals surface area contributed by atoms with E-state index in [-0.39, 0.29) is 5.91 Å². The summed E-state index contributed by atoms with van der Waals surface area (Å²) in [7, 11) is 0. The molecule has 0 atom stereocenters. The summed E-state index contributed by atoms with van der Waals surface area (Å²) in [5.74, 6) is 0.201. The molecule has 0 unspecified atom stereocenters. The predicted molar refractivity (Wildman–Crippen MR) is 84.8 cm³/mol. The molecule has 8 heteroatoms. The van der Waals surface area contributed by atoms with Crippen molar-refractivity contribution in [1.82, 2.24) is 20.5 Å². The Morgan fingerprint density at radius 2 is 2.19 bits per heavy atom. The molecule has 2 aliphatic rings. The molecule has 0 radical (unpaired) electrons. The Balaban J connectivity index is 1.46. The second-order valence-electron chi connectivity index (χ2n) is 5.50. The lowest BCUT2D eigenvalue weighted by Crippen LogP contribution is -2.46. The van der Waals surface area contributed by atoms with Gasteiger partial charge in [0.05, 0.1) is 0 Å². The van der Waals surface area contributed by atoms with Crippen molar-refractivity contribution in [2.75, 3.05) is 50.3 Å². The number of aromatic nitrogens is 1. The molecule has 1 aliphatic carbocycles. The van der Waals surface area contributed by atoms with E-state index in [0.717, 1.165) is 37.9 Å². The molecule has 1 saturated carbocycles. The van der Waals surface area contributed by atoms with Gasteiger partial charge in [-0.1, -0.05) is 11.3 Å². The van der Waals surface area contributed by atoms with Crippen LogP contribution in [0.4, 0.5) is 10.9 Å². The van der Waals surface area contributed by atoms with Gasteiger partial charge in [-0.25, -0.2) is 4.98 Å². The van der Waals surface area contributed by atoms with Crippen molar-refractivity contribution in [2.24, 2.45) is 0 Å². The van der Waals surface area contributed by atoms with Gasteiger partial charge in [-0.05, 0) is 12.8 Å². The van der Waals surface area contributed by atoms with Crippen LogP contribution < -0.4 is 21.7 Å². The van der Waals surface area contributed by atoms with Gasteiger partial charge in [-0.3, -0.25) is 9.69 Å². The first-order valence-electron chi connectivity index (χ1n) is 7.46. The Morgan fingerprint density at radius 1 is 1.43 bits per heavy atom. The zero-order chi connectivity index (χ0) is 14.7. The SMILES string of the molecule is Nc1nc(NC2CC2)sc1C(=O)NCCN1CCNCC1. The molecular formula is C13H22N6OS. The van der Waals surface area contributed by atoms with Crippen molar-refractivity contribution in [3.63, 3.8) is 0 Å². The molecule has 0 aromatic carbocycles. The largest absolute Gasteiger partial charge is 0.382 e. The maximum absolute atomic E-state index is 12.1. The number of anilines is 2. The first-order chi connectivity index (χ1) is 10.2. The van der Waals surface area contributed by atoms with Crippen LogP contribution in [0, 0.1) is 0 Å². The van der Waals surface area contributed by atoms with Crippen LogP contribution in [0.5, 0.6) is 0 Å². The standard InChI is InChI=1S/C13H22N6OS/c14-11-10(21-13(18-11)17-9-1-2-9)12(20)16-5-8-19-6-3-15-4-7-19/h9,15H,1-8,14H2,(H,16,20)(H,17,18). The highest BCUT2D eigenvalue weighted by Gasteiger charge is 2.24. The van der Waals surface area contributed by atoms with Gasteiger partial charge in [-0.15, -0.1) is 0 Å². The van der Waals surface area contributed by atoms with Gasteiger partial charge >= 0.3 is 0 Å². The van der Waals surface area contributed by atoms with Crippen molar-refractivity contribution < 1.29 is 4.79 Å². The molecule has 1 amide bonds. The third-order valence-electron chi connectivity index (χ3n) is 3.69. The second kappa shape index (κ2) is 6.59. The highest BCUT2D eigenvalue weighted by molar-refractivity contribution is 7.18. The highest BCUT2D eigenvalue weighted by atomic mass is 32.1. The molecular weight excluding hydrogens is 288 g/mol. The van der Waals surface area contributed by atoms with Gasteiger partial charge in [0, 0.05) is 45.3 Å². The average molecular weight is 310 g/mol. The van der Waals surface area contributed by atoms with Crippen LogP contribution in [0.25, 0.3) is 0 Å². The predicted octanol–water partition coefficient (Wildman–Crippen LogP) is -0.0654. The number of nitrogens with two attached hydrogens (primary N) is 1. The fourth-order valence-electron chi connectivity index (χ4n) is 2.30. The molecule has 0 bridgehead atoms. The molecule has 2 fully saturated rings. The zero-order valence-electron chi connectivity index (χ0n) is 12.0. The number of nitrogen functional groups attached to an aromatic ring is 1. The van der Waals surface area contributed by atoms with Crippen LogP contribution in [0.15, 0.2) is 0 Å². The van der Waals surface area contributed by atoms with Crippen LogP contribution in [-0.4, -0.2) is 61.1 Å². The minimum absolute atomic E-state index is 0.121. The molecule has 7 nitrogen and oxygen atoms in total. The van der Waals surface area contributed by atoms with Crippen LogP contribution >= 0.6 is 11.3 Å². The van der Waals surface area contributed by atoms with E-state index in [2.05, 4.69) is 25.8 Å². The fourth-order valence-corrected chi connectivity index (χ4v) is 3.18. The van der Waals surface area contributed by atoms with E-state index in [0.29, 0.717) is 23.3 Å². The van der Waals surface area contributed by atoms with Crippen molar-refractivity contribution in [3.05, 3.63) is 4.88 Å². The maximum atomic E-state index is 12.1. The molecule has 2 heterocycles. The Kier molecular flexibility index (Phi) is 4.57. The van der Waals surface area contributed by atoms with E-state index >= 15 is 0 Å². The van der Waals surface area contributed by atoms with Crippen LogP contribution in [0.2, 0.25) is 0 Å². The molecule has 1 aromatic rings. The number of thiazole rings is 1. The number of nitrogens with one attached hydrogen (secondary N) is 3. The third kappa shape index (κ3) is 4.05. The summed E-state index contributed by atoms with van der Waals surface area (Å²) in [6.45, 7) is 5.63. The maximum Gasteiger partial charge on any atom is 0.265 e.